The van der Waals surface area contributed by atoms with Gasteiger partial charge in [0.05, 0.1) is 4.90 Å². The van der Waals surface area contributed by atoms with Gasteiger partial charge in [0.15, 0.2) is 0 Å². The van der Waals surface area contributed by atoms with E-state index in [1.54, 1.807) is 24.4 Å². The van der Waals surface area contributed by atoms with Crippen molar-refractivity contribution in [3.05, 3.63) is 54.5 Å². The molecule has 8 heteroatoms. The predicted molar refractivity (Wildman–Crippen MR) is 92.7 cm³/mol. The lowest BCUT2D eigenvalue weighted by Gasteiger charge is -2.07. The zero-order valence-corrected chi connectivity index (χ0v) is 13.9. The highest BCUT2D eigenvalue weighted by atomic mass is 32.2. The van der Waals surface area contributed by atoms with Crippen LogP contribution in [0.1, 0.15) is 6.42 Å². The molecule has 25 heavy (non-hydrogen) atoms. The molecule has 0 saturated heterocycles. The number of amides is 1. The summed E-state index contributed by atoms with van der Waals surface area (Å²) in [6.07, 6.45) is 1.68. The Bertz CT molecular complexity index is 1030. The molecule has 3 rings (SSSR count). The van der Waals surface area contributed by atoms with E-state index in [4.69, 9.17) is 5.73 Å². The van der Waals surface area contributed by atoms with Gasteiger partial charge < -0.3 is 10.7 Å². The number of nitrogens with two attached hydrogens (primary N) is 1. The quantitative estimate of drug-likeness (QED) is 0.626. The van der Waals surface area contributed by atoms with Gasteiger partial charge >= 0.3 is 0 Å². The monoisotopic (exact) mass is 361 g/mol. The van der Waals surface area contributed by atoms with Crippen LogP contribution >= 0.6 is 0 Å². The largest absolute Gasteiger partial charge is 0.370 e. The second-order valence-electron chi connectivity index (χ2n) is 5.53. The Labute approximate surface area is 143 Å². The molecule has 0 saturated carbocycles. The summed E-state index contributed by atoms with van der Waals surface area (Å²) in [4.78, 5) is 13.8. The number of nitrogens with one attached hydrogen (secondary N) is 2. The molecule has 6 nitrogen and oxygen atoms in total. The van der Waals surface area contributed by atoms with E-state index < -0.39 is 15.9 Å². The molecule has 3 aromatic rings. The van der Waals surface area contributed by atoms with Gasteiger partial charge in [-0.2, -0.15) is 0 Å². The minimum Gasteiger partial charge on any atom is -0.370 e. The Morgan fingerprint density at radius 2 is 1.88 bits per heavy atom. The number of rotatable bonds is 6. The van der Waals surface area contributed by atoms with Crippen molar-refractivity contribution in [1.29, 1.82) is 0 Å². The molecule has 0 radical (unpaired) electrons. The molecule has 0 fully saturated rings. The number of H-pyrrole nitrogens is 1. The van der Waals surface area contributed by atoms with Gasteiger partial charge in [0.1, 0.15) is 5.82 Å². The Morgan fingerprint density at radius 3 is 2.56 bits per heavy atom. The zero-order chi connectivity index (χ0) is 18.0. The molecule has 130 valence electrons. The highest BCUT2D eigenvalue weighted by Gasteiger charge is 2.14. The summed E-state index contributed by atoms with van der Waals surface area (Å²) < 4.78 is 39.9. The van der Waals surface area contributed by atoms with E-state index in [1.165, 1.54) is 24.3 Å². The van der Waals surface area contributed by atoms with Gasteiger partial charge in [-0.25, -0.2) is 17.5 Å². The number of halogens is 1. The number of primary amides is 1. The lowest BCUT2D eigenvalue weighted by Crippen LogP contribution is -2.28. The van der Waals surface area contributed by atoms with Crippen LogP contribution in [0.25, 0.3) is 22.0 Å². The number of fused-ring (bicyclic) bond motifs is 1. The van der Waals surface area contributed by atoms with Crippen molar-refractivity contribution >= 4 is 26.8 Å². The Kier molecular flexibility index (Phi) is 4.56. The van der Waals surface area contributed by atoms with E-state index in [-0.39, 0.29) is 23.7 Å². The zero-order valence-electron chi connectivity index (χ0n) is 13.1. The maximum Gasteiger partial charge on any atom is 0.240 e. The number of carbonyl (C=O) groups excluding carboxylic acids is 1. The van der Waals surface area contributed by atoms with Crippen LogP contribution in [0.2, 0.25) is 0 Å². The highest BCUT2D eigenvalue weighted by molar-refractivity contribution is 7.89. The Hall–Kier alpha value is -2.71. The number of sulfonamides is 1. The summed E-state index contributed by atoms with van der Waals surface area (Å²) >= 11 is 0. The smallest absolute Gasteiger partial charge is 0.240 e. The third kappa shape index (κ3) is 3.70. The number of aromatic amines is 1. The van der Waals surface area contributed by atoms with E-state index in [1.807, 2.05) is 0 Å². The van der Waals surface area contributed by atoms with E-state index in [0.717, 1.165) is 16.5 Å². The second kappa shape index (κ2) is 6.66. The van der Waals surface area contributed by atoms with Crippen LogP contribution in [0.5, 0.6) is 0 Å². The lowest BCUT2D eigenvalue weighted by atomic mass is 10.1. The SMILES string of the molecule is NC(=O)CCNS(=O)(=O)c1ccc(-c2c[nH]c3cc(F)ccc23)cc1. The van der Waals surface area contributed by atoms with Gasteiger partial charge in [-0.1, -0.05) is 12.1 Å². The number of benzene rings is 2. The van der Waals surface area contributed by atoms with Crippen molar-refractivity contribution in [1.82, 2.24) is 9.71 Å². The maximum absolute atomic E-state index is 13.3. The van der Waals surface area contributed by atoms with Crippen LogP contribution in [-0.4, -0.2) is 25.9 Å². The van der Waals surface area contributed by atoms with E-state index in [0.29, 0.717) is 5.52 Å². The van der Waals surface area contributed by atoms with Crippen LogP contribution in [0.15, 0.2) is 53.6 Å². The van der Waals surface area contributed by atoms with Crippen molar-refractivity contribution in [2.24, 2.45) is 5.73 Å². The third-order valence-corrected chi connectivity index (χ3v) is 5.26. The fourth-order valence-electron chi connectivity index (χ4n) is 2.54. The molecule has 0 aliphatic heterocycles. The van der Waals surface area contributed by atoms with Crippen LogP contribution in [0.3, 0.4) is 0 Å². The van der Waals surface area contributed by atoms with Crippen LogP contribution in [0.4, 0.5) is 4.39 Å². The molecule has 0 aliphatic rings. The minimum absolute atomic E-state index is 0.0482. The third-order valence-electron chi connectivity index (χ3n) is 3.78. The van der Waals surface area contributed by atoms with Crippen molar-refractivity contribution in [2.75, 3.05) is 6.54 Å². The molecular weight excluding hydrogens is 345 g/mol. The maximum atomic E-state index is 13.3. The first-order chi connectivity index (χ1) is 11.9. The molecule has 2 aromatic carbocycles. The van der Waals surface area contributed by atoms with E-state index >= 15 is 0 Å². The molecule has 0 unspecified atom stereocenters. The fourth-order valence-corrected chi connectivity index (χ4v) is 3.57. The van der Waals surface area contributed by atoms with E-state index in [2.05, 4.69) is 9.71 Å². The highest BCUT2D eigenvalue weighted by Crippen LogP contribution is 2.29. The molecule has 0 spiro atoms. The van der Waals surface area contributed by atoms with Crippen molar-refractivity contribution in [3.8, 4) is 11.1 Å². The predicted octanol–water partition coefficient (Wildman–Crippen LogP) is 2.13. The fraction of sp³-hybridized carbons (Fsp3) is 0.118. The van der Waals surface area contributed by atoms with Crippen LogP contribution < -0.4 is 10.5 Å². The van der Waals surface area contributed by atoms with Gasteiger partial charge in [-0.15, -0.1) is 0 Å². The van der Waals surface area contributed by atoms with Gasteiger partial charge in [0.2, 0.25) is 15.9 Å². The average Bonchev–Trinajstić information content (AvgIpc) is 2.97. The Balaban J connectivity index is 1.85. The molecular formula is C17H16FN3O3S. The number of hydrogen-bond donors (Lipinski definition) is 3. The molecule has 4 N–H and O–H groups in total. The average molecular weight is 361 g/mol. The van der Waals surface area contributed by atoms with Crippen LogP contribution in [-0.2, 0) is 14.8 Å². The number of hydrogen-bond acceptors (Lipinski definition) is 3. The van der Waals surface area contributed by atoms with Gasteiger partial charge in [0, 0.05) is 35.6 Å². The molecule has 0 aliphatic carbocycles. The first-order valence-corrected chi connectivity index (χ1v) is 9.00. The number of carbonyl (C=O) groups is 1. The normalized spacial score (nSPS) is 11.7. The molecule has 0 atom stereocenters. The summed E-state index contributed by atoms with van der Waals surface area (Å²) in [5.41, 5.74) is 7.30. The summed E-state index contributed by atoms with van der Waals surface area (Å²) in [5.74, 6) is -0.904. The first kappa shape index (κ1) is 17.1. The summed E-state index contributed by atoms with van der Waals surface area (Å²) in [6, 6.07) is 10.8. The van der Waals surface area contributed by atoms with E-state index in [9.17, 15) is 17.6 Å². The minimum atomic E-state index is -3.70. The summed E-state index contributed by atoms with van der Waals surface area (Å²) in [7, 11) is -3.70. The standard InChI is InChI=1S/C17H16FN3O3S/c18-12-3-6-14-15(10-20-16(14)9-12)11-1-4-13(5-2-11)25(23,24)21-8-7-17(19)22/h1-6,9-10,20-21H,7-8H2,(H2,19,22). The second-order valence-corrected chi connectivity index (χ2v) is 7.30. The molecule has 1 aromatic heterocycles. The Morgan fingerprint density at radius 1 is 1.16 bits per heavy atom. The van der Waals surface area contributed by atoms with Gasteiger partial charge in [-0.3, -0.25) is 4.79 Å². The van der Waals surface area contributed by atoms with Gasteiger partial charge in [-0.05, 0) is 35.9 Å². The first-order valence-electron chi connectivity index (χ1n) is 7.52. The molecule has 1 amide bonds. The van der Waals surface area contributed by atoms with Crippen molar-refractivity contribution < 1.29 is 17.6 Å². The molecule has 1 heterocycles. The molecule has 0 bridgehead atoms. The topological polar surface area (TPSA) is 105 Å². The summed E-state index contributed by atoms with van der Waals surface area (Å²) in [6.45, 7) is -0.0482. The van der Waals surface area contributed by atoms with Crippen molar-refractivity contribution in [2.45, 2.75) is 11.3 Å². The number of aromatic nitrogens is 1. The summed E-state index contributed by atoms with van der Waals surface area (Å²) in [5, 5.41) is 0.844. The van der Waals surface area contributed by atoms with Crippen LogP contribution in [0, 0.1) is 5.82 Å². The van der Waals surface area contributed by atoms with Crippen molar-refractivity contribution in [3.63, 3.8) is 0 Å². The lowest BCUT2D eigenvalue weighted by molar-refractivity contribution is -0.117. The van der Waals surface area contributed by atoms with Gasteiger partial charge in [0.25, 0.3) is 0 Å².